The van der Waals surface area contributed by atoms with Gasteiger partial charge in [-0.3, -0.25) is 5.41 Å². The number of hydrogen-bond acceptors (Lipinski definition) is 4. The first-order valence-electron chi connectivity index (χ1n) is 5.72. The summed E-state index contributed by atoms with van der Waals surface area (Å²) in [6.07, 6.45) is 0. The predicted molar refractivity (Wildman–Crippen MR) is 71.5 cm³/mol. The molecule has 0 bridgehead atoms. The molecule has 0 saturated carbocycles. The highest BCUT2D eigenvalue weighted by atomic mass is 35.5. The van der Waals surface area contributed by atoms with Crippen LogP contribution in [-0.2, 0) is 4.74 Å². The number of anilines is 1. The lowest BCUT2D eigenvalue weighted by Crippen LogP contribution is -2.47. The molecule has 1 aromatic rings. The standard InChI is InChI=1S/C12H16ClN3O2/c13-11-5-8(1-2-10(11)12(14)15)16-3-4-18-7-9(16)6-17/h1-2,5,9,17H,3-4,6-7H2,(H3,14,15). The maximum Gasteiger partial charge on any atom is 0.124 e. The lowest BCUT2D eigenvalue weighted by molar-refractivity contribution is 0.0727. The molecule has 6 heteroatoms. The molecule has 1 aliphatic rings. The van der Waals surface area contributed by atoms with Gasteiger partial charge < -0.3 is 20.5 Å². The molecule has 5 nitrogen and oxygen atoms in total. The van der Waals surface area contributed by atoms with E-state index < -0.39 is 0 Å². The molecule has 1 aromatic carbocycles. The van der Waals surface area contributed by atoms with Crippen LogP contribution in [0.2, 0.25) is 5.02 Å². The summed E-state index contributed by atoms with van der Waals surface area (Å²) >= 11 is 6.09. The number of rotatable bonds is 3. The molecule has 0 aliphatic carbocycles. The normalized spacial score (nSPS) is 19.9. The van der Waals surface area contributed by atoms with Crippen LogP contribution in [0.15, 0.2) is 18.2 Å². The highest BCUT2D eigenvalue weighted by Crippen LogP contribution is 2.26. The summed E-state index contributed by atoms with van der Waals surface area (Å²) < 4.78 is 5.33. The molecule has 1 unspecified atom stereocenters. The summed E-state index contributed by atoms with van der Waals surface area (Å²) in [6, 6.07) is 5.30. The summed E-state index contributed by atoms with van der Waals surface area (Å²) in [5.74, 6) is -0.0489. The molecule has 4 N–H and O–H groups in total. The maximum atomic E-state index is 9.33. The topological polar surface area (TPSA) is 82.6 Å². The maximum absolute atomic E-state index is 9.33. The number of amidine groups is 1. The van der Waals surface area contributed by atoms with Crippen LogP contribution in [0.25, 0.3) is 0 Å². The van der Waals surface area contributed by atoms with Crippen molar-refractivity contribution in [3.8, 4) is 0 Å². The van der Waals surface area contributed by atoms with Crippen LogP contribution in [0, 0.1) is 5.41 Å². The molecule has 1 atom stereocenters. The molecule has 1 aliphatic heterocycles. The highest BCUT2D eigenvalue weighted by molar-refractivity contribution is 6.34. The summed E-state index contributed by atoms with van der Waals surface area (Å²) in [7, 11) is 0. The van der Waals surface area contributed by atoms with Crippen molar-refractivity contribution in [2.24, 2.45) is 5.73 Å². The Morgan fingerprint density at radius 3 is 3.00 bits per heavy atom. The summed E-state index contributed by atoms with van der Waals surface area (Å²) in [5, 5.41) is 17.2. The van der Waals surface area contributed by atoms with Gasteiger partial charge in [0.25, 0.3) is 0 Å². The summed E-state index contributed by atoms with van der Waals surface area (Å²) in [5.41, 5.74) is 6.85. The van der Waals surface area contributed by atoms with Crippen molar-refractivity contribution in [1.29, 1.82) is 5.41 Å². The largest absolute Gasteiger partial charge is 0.394 e. The Morgan fingerprint density at radius 1 is 1.61 bits per heavy atom. The second-order valence-electron chi connectivity index (χ2n) is 4.18. The first-order valence-corrected chi connectivity index (χ1v) is 6.10. The number of nitrogens with zero attached hydrogens (tertiary/aromatic N) is 1. The van der Waals surface area contributed by atoms with E-state index in [4.69, 9.17) is 27.5 Å². The van der Waals surface area contributed by atoms with Crippen molar-refractivity contribution < 1.29 is 9.84 Å². The monoisotopic (exact) mass is 269 g/mol. The van der Waals surface area contributed by atoms with Crippen LogP contribution in [-0.4, -0.2) is 43.3 Å². The Labute approximate surface area is 111 Å². The second kappa shape index (κ2) is 5.56. The van der Waals surface area contributed by atoms with Crippen molar-refractivity contribution in [1.82, 2.24) is 0 Å². The van der Waals surface area contributed by atoms with E-state index in [9.17, 15) is 5.11 Å². The molecule has 0 amide bonds. The van der Waals surface area contributed by atoms with Gasteiger partial charge in [0.1, 0.15) is 5.84 Å². The average Bonchev–Trinajstić information content (AvgIpc) is 2.38. The van der Waals surface area contributed by atoms with Crippen molar-refractivity contribution >= 4 is 23.1 Å². The third-order valence-corrected chi connectivity index (χ3v) is 3.33. The number of nitrogens with two attached hydrogens (primary N) is 1. The number of nitrogen functional groups attached to an aromatic ring is 1. The van der Waals surface area contributed by atoms with Crippen molar-refractivity contribution in [2.45, 2.75) is 6.04 Å². The van der Waals surface area contributed by atoms with E-state index in [1.807, 2.05) is 6.07 Å². The Balaban J connectivity index is 2.27. The van der Waals surface area contributed by atoms with Crippen LogP contribution in [0.5, 0.6) is 0 Å². The summed E-state index contributed by atoms with van der Waals surface area (Å²) in [4.78, 5) is 2.05. The number of aliphatic hydroxyl groups is 1. The average molecular weight is 270 g/mol. The SMILES string of the molecule is N=C(N)c1ccc(N2CCOCC2CO)cc1Cl. The van der Waals surface area contributed by atoms with E-state index in [2.05, 4.69) is 4.90 Å². The Kier molecular flexibility index (Phi) is 4.06. The van der Waals surface area contributed by atoms with E-state index in [0.717, 1.165) is 5.69 Å². The molecule has 0 radical (unpaired) electrons. The fourth-order valence-corrected chi connectivity index (χ4v) is 2.32. The number of aliphatic hydroxyl groups excluding tert-OH is 1. The number of halogens is 1. The molecule has 18 heavy (non-hydrogen) atoms. The smallest absolute Gasteiger partial charge is 0.124 e. The Hall–Kier alpha value is -1.30. The van der Waals surface area contributed by atoms with Gasteiger partial charge in [0.05, 0.1) is 30.9 Å². The third-order valence-electron chi connectivity index (χ3n) is 3.01. The van der Waals surface area contributed by atoms with E-state index in [-0.39, 0.29) is 18.5 Å². The van der Waals surface area contributed by atoms with Crippen LogP contribution < -0.4 is 10.6 Å². The fourth-order valence-electron chi connectivity index (χ4n) is 2.05. The number of ether oxygens (including phenoxy) is 1. The lowest BCUT2D eigenvalue weighted by Gasteiger charge is -2.36. The second-order valence-corrected chi connectivity index (χ2v) is 4.59. The van der Waals surface area contributed by atoms with Crippen LogP contribution in [0.3, 0.4) is 0 Å². The first kappa shape index (κ1) is 13.1. The number of hydrogen-bond donors (Lipinski definition) is 3. The van der Waals surface area contributed by atoms with Gasteiger partial charge in [0.15, 0.2) is 0 Å². The van der Waals surface area contributed by atoms with Gasteiger partial charge in [-0.25, -0.2) is 0 Å². The Morgan fingerprint density at radius 2 is 2.39 bits per heavy atom. The molecule has 98 valence electrons. The van der Waals surface area contributed by atoms with E-state index >= 15 is 0 Å². The molecule has 1 heterocycles. The minimum absolute atomic E-state index is 0.0338. The van der Waals surface area contributed by atoms with Crippen LogP contribution >= 0.6 is 11.6 Å². The first-order chi connectivity index (χ1) is 8.63. The molecule has 1 fully saturated rings. The summed E-state index contributed by atoms with van der Waals surface area (Å²) in [6.45, 7) is 1.87. The number of morpholine rings is 1. The zero-order valence-corrected chi connectivity index (χ0v) is 10.7. The molecule has 2 rings (SSSR count). The van der Waals surface area contributed by atoms with Gasteiger partial charge in [-0.05, 0) is 18.2 Å². The zero-order valence-electron chi connectivity index (χ0n) is 9.90. The predicted octanol–water partition coefficient (Wildman–Crippen LogP) is 0.822. The van der Waals surface area contributed by atoms with E-state index in [0.29, 0.717) is 30.3 Å². The highest BCUT2D eigenvalue weighted by Gasteiger charge is 2.23. The quantitative estimate of drug-likeness (QED) is 0.560. The lowest BCUT2D eigenvalue weighted by atomic mass is 10.1. The molecule has 0 spiro atoms. The van der Waals surface area contributed by atoms with Crippen molar-refractivity contribution in [3.63, 3.8) is 0 Å². The van der Waals surface area contributed by atoms with Crippen LogP contribution in [0.4, 0.5) is 5.69 Å². The Bertz CT molecular complexity index is 453. The van der Waals surface area contributed by atoms with Gasteiger partial charge >= 0.3 is 0 Å². The van der Waals surface area contributed by atoms with Gasteiger partial charge in [0, 0.05) is 17.8 Å². The van der Waals surface area contributed by atoms with Gasteiger partial charge in [-0.2, -0.15) is 0 Å². The third kappa shape index (κ3) is 2.58. The van der Waals surface area contributed by atoms with Crippen molar-refractivity contribution in [2.75, 3.05) is 31.3 Å². The van der Waals surface area contributed by atoms with Gasteiger partial charge in [-0.1, -0.05) is 11.6 Å². The van der Waals surface area contributed by atoms with Gasteiger partial charge in [-0.15, -0.1) is 0 Å². The number of nitrogens with one attached hydrogen (secondary N) is 1. The fraction of sp³-hybridized carbons (Fsp3) is 0.417. The molecule has 0 aromatic heterocycles. The van der Waals surface area contributed by atoms with Crippen LogP contribution in [0.1, 0.15) is 5.56 Å². The van der Waals surface area contributed by atoms with Gasteiger partial charge in [0.2, 0.25) is 0 Å². The minimum atomic E-state index is -0.0574. The molecule has 1 saturated heterocycles. The minimum Gasteiger partial charge on any atom is -0.394 e. The van der Waals surface area contributed by atoms with E-state index in [1.54, 1.807) is 12.1 Å². The zero-order chi connectivity index (χ0) is 13.1. The molecular weight excluding hydrogens is 254 g/mol. The number of benzene rings is 1. The van der Waals surface area contributed by atoms with E-state index in [1.165, 1.54) is 0 Å². The van der Waals surface area contributed by atoms with Crippen molar-refractivity contribution in [3.05, 3.63) is 28.8 Å². The molecular formula is C12H16ClN3O2.